The number of amides is 2. The predicted molar refractivity (Wildman–Crippen MR) is 90.8 cm³/mol. The van der Waals surface area contributed by atoms with E-state index in [1.807, 2.05) is 32.0 Å². The number of para-hydroxylation sites is 1. The van der Waals surface area contributed by atoms with Crippen LogP contribution in [0.3, 0.4) is 0 Å². The standard InChI is InChI=1S/C18H20N2O3/c1-4-13-8-5-7-12(2)16(13)20-18(22)17(21)19-14-9-6-10-15(11-14)23-3/h5-11H,4H2,1-3H3,(H,19,21)(H,20,22). The lowest BCUT2D eigenvalue weighted by molar-refractivity contribution is -0.133. The molecule has 0 unspecified atom stereocenters. The van der Waals surface area contributed by atoms with Crippen molar-refractivity contribution in [1.82, 2.24) is 0 Å². The molecule has 23 heavy (non-hydrogen) atoms. The van der Waals surface area contributed by atoms with E-state index in [0.717, 1.165) is 17.5 Å². The van der Waals surface area contributed by atoms with E-state index < -0.39 is 11.8 Å². The molecule has 2 N–H and O–H groups in total. The van der Waals surface area contributed by atoms with Crippen LogP contribution >= 0.6 is 0 Å². The van der Waals surface area contributed by atoms with Crippen LogP contribution in [0.1, 0.15) is 18.1 Å². The lowest BCUT2D eigenvalue weighted by Crippen LogP contribution is -2.29. The van der Waals surface area contributed by atoms with Crippen molar-refractivity contribution in [3.05, 3.63) is 53.6 Å². The highest BCUT2D eigenvalue weighted by atomic mass is 16.5. The van der Waals surface area contributed by atoms with E-state index in [-0.39, 0.29) is 0 Å². The number of carbonyl (C=O) groups is 2. The van der Waals surface area contributed by atoms with Crippen molar-refractivity contribution in [2.75, 3.05) is 17.7 Å². The first-order chi connectivity index (χ1) is 11.0. The zero-order valence-electron chi connectivity index (χ0n) is 13.5. The summed E-state index contributed by atoms with van der Waals surface area (Å²) in [5.41, 5.74) is 3.12. The summed E-state index contributed by atoms with van der Waals surface area (Å²) in [7, 11) is 1.54. The summed E-state index contributed by atoms with van der Waals surface area (Å²) in [5, 5.41) is 5.26. The van der Waals surface area contributed by atoms with Crippen molar-refractivity contribution in [2.45, 2.75) is 20.3 Å². The van der Waals surface area contributed by atoms with E-state index in [4.69, 9.17) is 4.74 Å². The van der Waals surface area contributed by atoms with Gasteiger partial charge in [-0.15, -0.1) is 0 Å². The van der Waals surface area contributed by atoms with Gasteiger partial charge in [-0.2, -0.15) is 0 Å². The third-order valence-corrected chi connectivity index (χ3v) is 3.51. The number of methoxy groups -OCH3 is 1. The van der Waals surface area contributed by atoms with Gasteiger partial charge in [0.25, 0.3) is 0 Å². The summed E-state index contributed by atoms with van der Waals surface area (Å²) < 4.78 is 5.09. The molecule has 120 valence electrons. The Hall–Kier alpha value is -2.82. The predicted octanol–water partition coefficient (Wildman–Crippen LogP) is 3.14. The molecule has 0 heterocycles. The zero-order valence-corrected chi connectivity index (χ0v) is 13.5. The molecule has 0 fully saturated rings. The average Bonchev–Trinajstić information content (AvgIpc) is 2.56. The summed E-state index contributed by atoms with van der Waals surface area (Å²) in [6.45, 7) is 3.90. The maximum atomic E-state index is 12.1. The number of hydrogen-bond acceptors (Lipinski definition) is 3. The maximum absolute atomic E-state index is 12.1. The Morgan fingerprint density at radius 3 is 2.43 bits per heavy atom. The summed E-state index contributed by atoms with van der Waals surface area (Å²) >= 11 is 0. The summed E-state index contributed by atoms with van der Waals surface area (Å²) in [6.07, 6.45) is 0.773. The number of hydrogen-bond donors (Lipinski definition) is 2. The lowest BCUT2D eigenvalue weighted by Gasteiger charge is -2.13. The Morgan fingerprint density at radius 1 is 1.04 bits per heavy atom. The Morgan fingerprint density at radius 2 is 1.74 bits per heavy atom. The Balaban J connectivity index is 2.10. The van der Waals surface area contributed by atoms with E-state index in [1.165, 1.54) is 7.11 Å². The minimum Gasteiger partial charge on any atom is -0.497 e. The molecule has 0 spiro atoms. The van der Waals surface area contributed by atoms with Gasteiger partial charge in [0.05, 0.1) is 7.11 Å². The molecular weight excluding hydrogens is 292 g/mol. The van der Waals surface area contributed by atoms with Crippen molar-refractivity contribution in [3.63, 3.8) is 0 Å². The van der Waals surface area contributed by atoms with E-state index >= 15 is 0 Å². The van der Waals surface area contributed by atoms with Gasteiger partial charge in [-0.25, -0.2) is 0 Å². The van der Waals surface area contributed by atoms with Crippen LogP contribution in [-0.2, 0) is 16.0 Å². The fourth-order valence-corrected chi connectivity index (χ4v) is 2.26. The zero-order chi connectivity index (χ0) is 16.8. The number of nitrogens with one attached hydrogen (secondary N) is 2. The van der Waals surface area contributed by atoms with Gasteiger partial charge in [-0.3, -0.25) is 9.59 Å². The first kappa shape index (κ1) is 16.5. The van der Waals surface area contributed by atoms with Gasteiger partial charge in [-0.1, -0.05) is 31.2 Å². The second-order valence-electron chi connectivity index (χ2n) is 5.10. The smallest absolute Gasteiger partial charge is 0.314 e. The van der Waals surface area contributed by atoms with Crippen molar-refractivity contribution < 1.29 is 14.3 Å². The lowest BCUT2D eigenvalue weighted by atomic mass is 10.1. The van der Waals surface area contributed by atoms with Gasteiger partial charge in [0.2, 0.25) is 0 Å². The Labute approximate surface area is 135 Å². The fraction of sp³-hybridized carbons (Fsp3) is 0.222. The monoisotopic (exact) mass is 312 g/mol. The summed E-state index contributed by atoms with van der Waals surface area (Å²) in [4.78, 5) is 24.2. The largest absolute Gasteiger partial charge is 0.497 e. The SMILES string of the molecule is CCc1cccc(C)c1NC(=O)C(=O)Nc1cccc(OC)c1. The normalized spacial score (nSPS) is 10.0. The highest BCUT2D eigenvalue weighted by molar-refractivity contribution is 6.43. The molecule has 0 aliphatic carbocycles. The molecular formula is C18H20N2O3. The molecule has 5 heteroatoms. The van der Waals surface area contributed by atoms with Gasteiger partial charge < -0.3 is 15.4 Å². The average molecular weight is 312 g/mol. The van der Waals surface area contributed by atoms with Crippen LogP contribution in [0.2, 0.25) is 0 Å². The van der Waals surface area contributed by atoms with Gasteiger partial charge in [0.15, 0.2) is 0 Å². The quantitative estimate of drug-likeness (QED) is 0.852. The number of benzene rings is 2. The molecule has 0 saturated carbocycles. The van der Waals surface area contributed by atoms with Crippen molar-refractivity contribution in [2.24, 2.45) is 0 Å². The first-order valence-corrected chi connectivity index (χ1v) is 7.40. The topological polar surface area (TPSA) is 67.4 Å². The Kier molecular flexibility index (Phi) is 5.36. The molecule has 2 aromatic rings. The minimum atomic E-state index is -0.719. The van der Waals surface area contributed by atoms with Crippen LogP contribution in [0.25, 0.3) is 0 Å². The highest BCUT2D eigenvalue weighted by Crippen LogP contribution is 2.21. The second-order valence-corrected chi connectivity index (χ2v) is 5.10. The fourth-order valence-electron chi connectivity index (χ4n) is 2.26. The van der Waals surface area contributed by atoms with Crippen LogP contribution < -0.4 is 15.4 Å². The number of rotatable bonds is 4. The van der Waals surface area contributed by atoms with Gasteiger partial charge in [0, 0.05) is 17.4 Å². The molecule has 0 aromatic heterocycles. The van der Waals surface area contributed by atoms with Crippen LogP contribution in [0.4, 0.5) is 11.4 Å². The molecule has 2 aromatic carbocycles. The van der Waals surface area contributed by atoms with E-state index in [2.05, 4.69) is 10.6 Å². The third kappa shape index (κ3) is 4.10. The molecule has 0 aliphatic heterocycles. The van der Waals surface area contributed by atoms with Gasteiger partial charge in [-0.05, 0) is 36.6 Å². The molecule has 0 bridgehead atoms. The molecule has 2 amide bonds. The molecule has 5 nitrogen and oxygen atoms in total. The number of anilines is 2. The Bertz CT molecular complexity index is 726. The van der Waals surface area contributed by atoms with Crippen molar-refractivity contribution in [3.8, 4) is 5.75 Å². The number of carbonyl (C=O) groups excluding carboxylic acids is 2. The van der Waals surface area contributed by atoms with E-state index in [1.54, 1.807) is 24.3 Å². The van der Waals surface area contributed by atoms with Crippen LogP contribution in [0.5, 0.6) is 5.75 Å². The molecule has 0 radical (unpaired) electrons. The van der Waals surface area contributed by atoms with Gasteiger partial charge >= 0.3 is 11.8 Å². The number of ether oxygens (including phenoxy) is 1. The molecule has 0 atom stereocenters. The highest BCUT2D eigenvalue weighted by Gasteiger charge is 2.16. The first-order valence-electron chi connectivity index (χ1n) is 7.40. The van der Waals surface area contributed by atoms with Crippen LogP contribution in [-0.4, -0.2) is 18.9 Å². The maximum Gasteiger partial charge on any atom is 0.314 e. The second kappa shape index (κ2) is 7.45. The van der Waals surface area contributed by atoms with Crippen LogP contribution in [0.15, 0.2) is 42.5 Å². The summed E-state index contributed by atoms with van der Waals surface area (Å²) in [6, 6.07) is 12.6. The third-order valence-electron chi connectivity index (χ3n) is 3.51. The molecule has 0 aliphatic rings. The number of aryl methyl sites for hydroxylation is 2. The van der Waals surface area contributed by atoms with Crippen LogP contribution in [0, 0.1) is 6.92 Å². The van der Waals surface area contributed by atoms with E-state index in [9.17, 15) is 9.59 Å². The minimum absolute atomic E-state index is 0.505. The molecule has 0 saturated heterocycles. The van der Waals surface area contributed by atoms with Crippen molar-refractivity contribution in [1.29, 1.82) is 0 Å². The molecule has 2 rings (SSSR count). The van der Waals surface area contributed by atoms with Crippen molar-refractivity contribution >= 4 is 23.2 Å². The summed E-state index contributed by atoms with van der Waals surface area (Å²) in [5.74, 6) is -0.809. The van der Waals surface area contributed by atoms with Gasteiger partial charge in [0.1, 0.15) is 5.75 Å². The van der Waals surface area contributed by atoms with E-state index in [0.29, 0.717) is 17.1 Å².